The Hall–Kier alpha value is -4.28. The van der Waals surface area contributed by atoms with Gasteiger partial charge >= 0.3 is 12.1 Å². The molecular weight excluding hydrogens is 461 g/mol. The van der Waals surface area contributed by atoms with Gasteiger partial charge in [0.1, 0.15) is 17.3 Å². The highest BCUT2D eigenvalue weighted by molar-refractivity contribution is 5.94. The first-order valence-corrected chi connectivity index (χ1v) is 9.69. The second-order valence-corrected chi connectivity index (χ2v) is 7.27. The number of alkyl halides is 3. The van der Waals surface area contributed by atoms with E-state index in [1.165, 1.54) is 0 Å². The van der Waals surface area contributed by atoms with Gasteiger partial charge in [0.25, 0.3) is 5.56 Å². The maximum Gasteiger partial charge on any atom is 0.412 e. The number of hydrogen-bond acceptors (Lipinski definition) is 4. The number of hydrogen-bond donors (Lipinski definition) is 2. The first-order chi connectivity index (χ1) is 16.0. The molecule has 4 rings (SSSR count). The van der Waals surface area contributed by atoms with Crippen LogP contribution in [0.5, 0.6) is 0 Å². The van der Waals surface area contributed by atoms with Gasteiger partial charge in [0.15, 0.2) is 6.04 Å². The molecule has 6 nitrogen and oxygen atoms in total. The van der Waals surface area contributed by atoms with Gasteiger partial charge in [-0.1, -0.05) is 30.3 Å². The molecule has 174 valence electrons. The molecule has 0 saturated heterocycles. The fourth-order valence-electron chi connectivity index (χ4n) is 3.47. The SMILES string of the molecule is O=C(O)c1cc(F)ccc1N[C@@H](c1cc(F)cn2c(=O)cc(-c3ccccc3)nc12)C(F)(F)F. The van der Waals surface area contributed by atoms with Crippen molar-refractivity contribution < 1.29 is 31.9 Å². The van der Waals surface area contributed by atoms with Crippen molar-refractivity contribution >= 4 is 17.3 Å². The Morgan fingerprint density at radius 2 is 1.71 bits per heavy atom. The lowest BCUT2D eigenvalue weighted by atomic mass is 10.0. The Balaban J connectivity index is 1.96. The average Bonchev–Trinajstić information content (AvgIpc) is 2.78. The Kier molecular flexibility index (Phi) is 5.78. The van der Waals surface area contributed by atoms with Crippen LogP contribution in [0, 0.1) is 11.6 Å². The van der Waals surface area contributed by atoms with E-state index >= 15 is 0 Å². The third kappa shape index (κ3) is 4.45. The van der Waals surface area contributed by atoms with Crippen LogP contribution in [0.1, 0.15) is 22.0 Å². The summed E-state index contributed by atoms with van der Waals surface area (Å²) in [5.41, 5.74) is -2.87. The highest BCUT2D eigenvalue weighted by Gasteiger charge is 2.43. The Labute approximate surface area is 187 Å². The van der Waals surface area contributed by atoms with Crippen molar-refractivity contribution in [2.45, 2.75) is 12.2 Å². The van der Waals surface area contributed by atoms with Gasteiger partial charge < -0.3 is 10.4 Å². The number of pyridine rings is 1. The van der Waals surface area contributed by atoms with E-state index in [-0.39, 0.29) is 5.69 Å². The first kappa shape index (κ1) is 22.9. The smallest absolute Gasteiger partial charge is 0.412 e. The standard InChI is InChI=1S/C23H14F5N3O3/c24-13-6-7-17(15(8-13)22(33)34)29-20(23(26,27)28)16-9-14(25)11-31-19(32)10-18(30-21(16)31)12-4-2-1-3-5-12/h1-11,20,29H,(H,33,34)/t20-/m0/s1. The van der Waals surface area contributed by atoms with Gasteiger partial charge in [0.2, 0.25) is 0 Å². The summed E-state index contributed by atoms with van der Waals surface area (Å²) in [7, 11) is 0. The number of carboxylic acids is 1. The topological polar surface area (TPSA) is 83.7 Å². The summed E-state index contributed by atoms with van der Waals surface area (Å²) < 4.78 is 71.0. The summed E-state index contributed by atoms with van der Waals surface area (Å²) >= 11 is 0. The minimum Gasteiger partial charge on any atom is -0.478 e. The summed E-state index contributed by atoms with van der Waals surface area (Å²) in [4.78, 5) is 28.2. The lowest BCUT2D eigenvalue weighted by molar-refractivity contribution is -0.143. The van der Waals surface area contributed by atoms with Crippen molar-refractivity contribution in [3.8, 4) is 11.3 Å². The number of aromatic nitrogens is 2. The number of rotatable bonds is 5. The molecule has 0 aliphatic carbocycles. The van der Waals surface area contributed by atoms with Gasteiger partial charge in [-0.2, -0.15) is 13.2 Å². The zero-order valence-electron chi connectivity index (χ0n) is 17.0. The number of fused-ring (bicyclic) bond motifs is 1. The molecular formula is C23H14F5N3O3. The molecule has 0 fully saturated rings. The van der Waals surface area contributed by atoms with E-state index in [1.54, 1.807) is 30.3 Å². The van der Waals surface area contributed by atoms with Crippen LogP contribution < -0.4 is 10.9 Å². The van der Waals surface area contributed by atoms with Gasteiger partial charge in [0, 0.05) is 29.1 Å². The summed E-state index contributed by atoms with van der Waals surface area (Å²) in [6.45, 7) is 0. The van der Waals surface area contributed by atoms with Crippen LogP contribution in [-0.2, 0) is 0 Å². The maximum absolute atomic E-state index is 14.3. The highest BCUT2D eigenvalue weighted by Crippen LogP contribution is 2.38. The minimum atomic E-state index is -5.08. The number of nitrogens with one attached hydrogen (secondary N) is 1. The molecule has 34 heavy (non-hydrogen) atoms. The predicted octanol–water partition coefficient (Wildman–Crippen LogP) is 5.05. The van der Waals surface area contributed by atoms with Crippen molar-refractivity contribution in [3.63, 3.8) is 0 Å². The van der Waals surface area contributed by atoms with E-state index in [4.69, 9.17) is 0 Å². The molecule has 11 heteroatoms. The molecule has 0 unspecified atom stereocenters. The van der Waals surface area contributed by atoms with E-state index in [0.29, 0.717) is 28.3 Å². The molecule has 2 aromatic heterocycles. The normalized spacial score (nSPS) is 12.5. The van der Waals surface area contributed by atoms with Crippen molar-refractivity contribution in [2.24, 2.45) is 0 Å². The van der Waals surface area contributed by atoms with Gasteiger partial charge in [-0.25, -0.2) is 18.6 Å². The number of carbonyl (C=O) groups is 1. The third-order valence-electron chi connectivity index (χ3n) is 4.98. The lowest BCUT2D eigenvalue weighted by Gasteiger charge is -2.25. The van der Waals surface area contributed by atoms with Crippen molar-refractivity contribution in [3.05, 3.63) is 100.0 Å². The van der Waals surface area contributed by atoms with E-state index in [2.05, 4.69) is 4.98 Å². The lowest BCUT2D eigenvalue weighted by Crippen LogP contribution is -2.30. The van der Waals surface area contributed by atoms with E-state index in [9.17, 15) is 36.6 Å². The number of aromatic carboxylic acids is 1. The van der Waals surface area contributed by atoms with Crippen LogP contribution in [0.3, 0.4) is 0 Å². The number of benzene rings is 2. The molecule has 0 amide bonds. The molecule has 2 aromatic carbocycles. The third-order valence-corrected chi connectivity index (χ3v) is 4.98. The number of carboxylic acid groups (broad SMARTS) is 1. The van der Waals surface area contributed by atoms with E-state index in [1.807, 2.05) is 5.32 Å². The van der Waals surface area contributed by atoms with E-state index < -0.39 is 57.8 Å². The largest absolute Gasteiger partial charge is 0.478 e. The average molecular weight is 475 g/mol. The van der Waals surface area contributed by atoms with Gasteiger partial charge in [-0.05, 0) is 24.3 Å². The monoisotopic (exact) mass is 475 g/mol. The van der Waals surface area contributed by atoms with Crippen LogP contribution in [-0.4, -0.2) is 26.6 Å². The van der Waals surface area contributed by atoms with Gasteiger partial charge in [-0.15, -0.1) is 0 Å². The molecule has 0 spiro atoms. The highest BCUT2D eigenvalue weighted by atomic mass is 19.4. The fourth-order valence-corrected chi connectivity index (χ4v) is 3.47. The molecule has 0 aliphatic heterocycles. The second kappa shape index (κ2) is 8.58. The molecule has 2 N–H and O–H groups in total. The Bertz CT molecular complexity index is 1450. The zero-order valence-corrected chi connectivity index (χ0v) is 17.0. The summed E-state index contributed by atoms with van der Waals surface area (Å²) in [5, 5.41) is 11.3. The summed E-state index contributed by atoms with van der Waals surface area (Å²) in [6.07, 6.45) is -4.38. The summed E-state index contributed by atoms with van der Waals surface area (Å²) in [5.74, 6) is -3.79. The molecule has 4 aromatic rings. The van der Waals surface area contributed by atoms with Crippen molar-refractivity contribution in [2.75, 3.05) is 5.32 Å². The summed E-state index contributed by atoms with van der Waals surface area (Å²) in [6, 6.07) is 9.28. The number of halogens is 5. The van der Waals surface area contributed by atoms with Gasteiger partial charge in [0.05, 0.1) is 11.3 Å². The van der Waals surface area contributed by atoms with Crippen molar-refractivity contribution in [1.29, 1.82) is 0 Å². The van der Waals surface area contributed by atoms with Crippen LogP contribution in [0.4, 0.5) is 27.6 Å². The molecule has 2 heterocycles. The fraction of sp³-hybridized carbons (Fsp3) is 0.0870. The molecule has 1 atom stereocenters. The van der Waals surface area contributed by atoms with Crippen LogP contribution in [0.2, 0.25) is 0 Å². The second-order valence-electron chi connectivity index (χ2n) is 7.27. The first-order valence-electron chi connectivity index (χ1n) is 9.69. The van der Waals surface area contributed by atoms with Crippen LogP contribution in [0.15, 0.2) is 71.7 Å². The minimum absolute atomic E-state index is 0.0624. The van der Waals surface area contributed by atoms with E-state index in [0.717, 1.165) is 18.2 Å². The Morgan fingerprint density at radius 3 is 2.35 bits per heavy atom. The molecule has 0 saturated carbocycles. The van der Waals surface area contributed by atoms with Crippen LogP contribution >= 0.6 is 0 Å². The van der Waals surface area contributed by atoms with Crippen molar-refractivity contribution in [1.82, 2.24) is 9.38 Å². The maximum atomic E-state index is 14.3. The zero-order chi connectivity index (χ0) is 24.6. The molecule has 0 bridgehead atoms. The van der Waals surface area contributed by atoms with Gasteiger partial charge in [-0.3, -0.25) is 9.20 Å². The Morgan fingerprint density at radius 1 is 1.00 bits per heavy atom. The number of anilines is 1. The number of nitrogens with zero attached hydrogens (tertiary/aromatic N) is 2. The predicted molar refractivity (Wildman–Crippen MR) is 113 cm³/mol. The molecule has 0 radical (unpaired) electrons. The quantitative estimate of drug-likeness (QED) is 0.395. The van der Waals surface area contributed by atoms with Crippen LogP contribution in [0.25, 0.3) is 16.9 Å². The molecule has 0 aliphatic rings.